The van der Waals surface area contributed by atoms with Crippen molar-refractivity contribution in [3.05, 3.63) is 0 Å². The van der Waals surface area contributed by atoms with Gasteiger partial charge in [0.1, 0.15) is 0 Å². The smallest absolute Gasteiger partial charge is 0.407 e. The van der Waals surface area contributed by atoms with Crippen LogP contribution < -0.4 is 0 Å². The highest BCUT2D eigenvalue weighted by Crippen LogP contribution is 2.36. The van der Waals surface area contributed by atoms with Gasteiger partial charge in [-0.3, -0.25) is 4.79 Å². The first-order valence-corrected chi connectivity index (χ1v) is 6.72. The lowest BCUT2D eigenvalue weighted by atomic mass is 9.76. The van der Waals surface area contributed by atoms with E-state index in [1.165, 1.54) is 4.90 Å². The molecule has 1 N–H and O–H groups in total. The lowest BCUT2D eigenvalue weighted by Crippen LogP contribution is -2.47. The van der Waals surface area contributed by atoms with Crippen molar-refractivity contribution < 1.29 is 19.4 Å². The summed E-state index contributed by atoms with van der Waals surface area (Å²) in [4.78, 5) is 24.5. The zero-order chi connectivity index (χ0) is 15.4. The number of likely N-dealkylation sites (tertiary alicyclic amines) is 1. The number of ether oxygens (including phenoxy) is 1. The van der Waals surface area contributed by atoms with Crippen LogP contribution in [0.25, 0.3) is 0 Å². The van der Waals surface area contributed by atoms with Gasteiger partial charge in [-0.2, -0.15) is 5.26 Å². The molecule has 0 radical (unpaired) electrons. The maximum absolute atomic E-state index is 12.3. The molecule has 1 saturated heterocycles. The van der Waals surface area contributed by atoms with Crippen LogP contribution >= 0.6 is 0 Å². The molecule has 0 spiro atoms. The second-order valence-electron chi connectivity index (χ2n) is 6.52. The number of nitriles is 1. The van der Waals surface area contributed by atoms with E-state index in [0.29, 0.717) is 19.4 Å². The SMILES string of the molecule is CC(C)(C)COC(=O)C1(CC#N)CCN(C(=O)O)CC1. The van der Waals surface area contributed by atoms with Gasteiger partial charge in [-0.25, -0.2) is 4.79 Å². The average Bonchev–Trinajstić information content (AvgIpc) is 2.36. The standard InChI is InChI=1S/C14H22N2O4/c1-13(2,3)10-20-11(17)14(4-7-15)5-8-16(9-6-14)12(18)19/h4-6,8-10H2,1-3H3,(H,18,19). The number of hydrogen-bond donors (Lipinski definition) is 1. The number of rotatable bonds is 3. The normalized spacial score (nSPS) is 18.2. The molecule has 1 heterocycles. The van der Waals surface area contributed by atoms with Crippen LogP contribution in [0.3, 0.4) is 0 Å². The van der Waals surface area contributed by atoms with Gasteiger partial charge in [0.25, 0.3) is 0 Å². The molecular weight excluding hydrogens is 260 g/mol. The van der Waals surface area contributed by atoms with Crippen molar-refractivity contribution in [2.75, 3.05) is 19.7 Å². The van der Waals surface area contributed by atoms with Gasteiger partial charge < -0.3 is 14.7 Å². The van der Waals surface area contributed by atoms with E-state index in [2.05, 4.69) is 0 Å². The molecule has 0 saturated carbocycles. The molecule has 1 amide bonds. The number of piperidine rings is 1. The predicted octanol–water partition coefficient (Wildman–Crippen LogP) is 2.25. The van der Waals surface area contributed by atoms with Crippen molar-refractivity contribution in [3.63, 3.8) is 0 Å². The highest BCUT2D eigenvalue weighted by molar-refractivity contribution is 5.78. The van der Waals surface area contributed by atoms with E-state index in [4.69, 9.17) is 15.1 Å². The summed E-state index contributed by atoms with van der Waals surface area (Å²) < 4.78 is 5.34. The molecule has 1 rings (SSSR count). The average molecular weight is 282 g/mol. The Balaban J connectivity index is 2.72. The van der Waals surface area contributed by atoms with E-state index in [-0.39, 0.29) is 30.9 Å². The summed E-state index contributed by atoms with van der Waals surface area (Å²) >= 11 is 0. The summed E-state index contributed by atoms with van der Waals surface area (Å²) in [6.07, 6.45) is -0.228. The zero-order valence-electron chi connectivity index (χ0n) is 12.3. The van der Waals surface area contributed by atoms with Crippen LogP contribution in [0.1, 0.15) is 40.0 Å². The predicted molar refractivity (Wildman–Crippen MR) is 71.9 cm³/mol. The first-order chi connectivity index (χ1) is 9.20. The third-order valence-electron chi connectivity index (χ3n) is 3.48. The molecule has 0 atom stereocenters. The molecule has 0 aromatic rings. The fourth-order valence-corrected chi connectivity index (χ4v) is 2.17. The third-order valence-corrected chi connectivity index (χ3v) is 3.48. The first kappa shape index (κ1) is 16.3. The zero-order valence-corrected chi connectivity index (χ0v) is 12.3. The number of hydrogen-bond acceptors (Lipinski definition) is 4. The second-order valence-corrected chi connectivity index (χ2v) is 6.52. The Kier molecular flexibility index (Phi) is 4.98. The lowest BCUT2D eigenvalue weighted by Gasteiger charge is -2.37. The fraction of sp³-hybridized carbons (Fsp3) is 0.786. The largest absolute Gasteiger partial charge is 0.465 e. The number of amides is 1. The van der Waals surface area contributed by atoms with Crippen LogP contribution in [-0.4, -0.2) is 41.8 Å². The molecule has 0 aliphatic carbocycles. The maximum atomic E-state index is 12.3. The van der Waals surface area contributed by atoms with Gasteiger partial charge in [0.15, 0.2) is 0 Å². The molecule has 1 aliphatic heterocycles. The number of nitrogens with zero attached hydrogens (tertiary/aromatic N) is 2. The van der Waals surface area contributed by atoms with Gasteiger partial charge >= 0.3 is 12.1 Å². The Labute approximate surface area is 119 Å². The molecule has 1 aliphatic rings. The minimum atomic E-state index is -0.987. The van der Waals surface area contributed by atoms with Crippen LogP contribution in [0, 0.1) is 22.2 Å². The molecule has 0 aromatic heterocycles. The van der Waals surface area contributed by atoms with Gasteiger partial charge in [0.2, 0.25) is 0 Å². The van der Waals surface area contributed by atoms with Gasteiger partial charge in [-0.15, -0.1) is 0 Å². The van der Waals surface area contributed by atoms with E-state index in [9.17, 15) is 9.59 Å². The van der Waals surface area contributed by atoms with E-state index in [1.807, 2.05) is 26.8 Å². The van der Waals surface area contributed by atoms with Crippen LogP contribution in [0.4, 0.5) is 4.79 Å². The summed E-state index contributed by atoms with van der Waals surface area (Å²) in [6.45, 7) is 6.71. The number of carbonyl (C=O) groups excluding carboxylic acids is 1. The van der Waals surface area contributed by atoms with Crippen LogP contribution in [0.15, 0.2) is 0 Å². The van der Waals surface area contributed by atoms with Crippen molar-refractivity contribution in [3.8, 4) is 6.07 Å². The topological polar surface area (TPSA) is 90.6 Å². The second kappa shape index (κ2) is 6.12. The molecule has 112 valence electrons. The molecule has 6 nitrogen and oxygen atoms in total. The monoisotopic (exact) mass is 282 g/mol. The highest BCUT2D eigenvalue weighted by atomic mass is 16.5. The quantitative estimate of drug-likeness (QED) is 0.802. The Hall–Kier alpha value is -1.77. The van der Waals surface area contributed by atoms with Gasteiger partial charge in [-0.05, 0) is 18.3 Å². The van der Waals surface area contributed by atoms with E-state index in [0.717, 1.165) is 0 Å². The van der Waals surface area contributed by atoms with Gasteiger partial charge in [0.05, 0.1) is 24.5 Å². The summed E-state index contributed by atoms with van der Waals surface area (Å²) in [5, 5.41) is 17.9. The number of esters is 1. The van der Waals surface area contributed by atoms with E-state index in [1.54, 1.807) is 0 Å². The Morgan fingerprint density at radius 2 is 1.90 bits per heavy atom. The van der Waals surface area contributed by atoms with E-state index >= 15 is 0 Å². The first-order valence-electron chi connectivity index (χ1n) is 6.72. The summed E-state index contributed by atoms with van der Waals surface area (Å²) in [6, 6.07) is 2.03. The molecular formula is C14H22N2O4. The Bertz CT molecular complexity index is 412. The van der Waals surface area contributed by atoms with Crippen molar-refractivity contribution in [2.45, 2.75) is 40.0 Å². The summed E-state index contributed by atoms with van der Waals surface area (Å²) in [5.41, 5.74) is -0.989. The molecule has 1 fully saturated rings. The minimum Gasteiger partial charge on any atom is -0.465 e. The fourth-order valence-electron chi connectivity index (χ4n) is 2.17. The van der Waals surface area contributed by atoms with Crippen LogP contribution in [0.5, 0.6) is 0 Å². The molecule has 20 heavy (non-hydrogen) atoms. The maximum Gasteiger partial charge on any atom is 0.407 e. The third kappa shape index (κ3) is 4.12. The Morgan fingerprint density at radius 1 is 1.35 bits per heavy atom. The summed E-state index contributed by atoms with van der Waals surface area (Å²) in [5.74, 6) is -0.376. The van der Waals surface area contributed by atoms with Crippen molar-refractivity contribution in [1.29, 1.82) is 5.26 Å². The van der Waals surface area contributed by atoms with E-state index < -0.39 is 11.5 Å². The van der Waals surface area contributed by atoms with Crippen molar-refractivity contribution in [1.82, 2.24) is 4.90 Å². The highest BCUT2D eigenvalue weighted by Gasteiger charge is 2.44. The minimum absolute atomic E-state index is 0.0729. The Morgan fingerprint density at radius 3 is 2.30 bits per heavy atom. The van der Waals surface area contributed by atoms with Crippen LogP contribution in [-0.2, 0) is 9.53 Å². The van der Waals surface area contributed by atoms with Gasteiger partial charge in [0, 0.05) is 13.1 Å². The van der Waals surface area contributed by atoms with Crippen molar-refractivity contribution >= 4 is 12.1 Å². The molecule has 6 heteroatoms. The molecule has 0 unspecified atom stereocenters. The van der Waals surface area contributed by atoms with Gasteiger partial charge in [-0.1, -0.05) is 20.8 Å². The van der Waals surface area contributed by atoms with Crippen molar-refractivity contribution in [2.24, 2.45) is 10.8 Å². The molecule has 0 bridgehead atoms. The number of carbonyl (C=O) groups is 2. The lowest BCUT2D eigenvalue weighted by molar-refractivity contribution is -0.161. The molecule has 0 aromatic carbocycles. The summed E-state index contributed by atoms with van der Waals surface area (Å²) in [7, 11) is 0. The van der Waals surface area contributed by atoms with Crippen LogP contribution in [0.2, 0.25) is 0 Å². The number of carboxylic acid groups (broad SMARTS) is 1.